The van der Waals surface area contributed by atoms with Crippen LogP contribution in [0, 0.1) is 0 Å². The molecule has 3 rings (SSSR count). The van der Waals surface area contributed by atoms with Gasteiger partial charge in [0.25, 0.3) is 0 Å². The van der Waals surface area contributed by atoms with Crippen LogP contribution >= 0.6 is 34.7 Å². The first-order valence-corrected chi connectivity index (χ1v) is 9.06. The predicted molar refractivity (Wildman–Crippen MR) is 96.5 cm³/mol. The highest BCUT2D eigenvalue weighted by Crippen LogP contribution is 2.23. The molecule has 3 N–H and O–H groups in total. The molecular weight excluding hydrogens is 368 g/mol. The lowest BCUT2D eigenvalue weighted by atomic mass is 10.2. The van der Waals surface area contributed by atoms with Gasteiger partial charge in [0.05, 0.1) is 18.5 Å². The summed E-state index contributed by atoms with van der Waals surface area (Å²) >= 11 is 8.70. The highest BCUT2D eigenvalue weighted by molar-refractivity contribution is 8.01. The van der Waals surface area contributed by atoms with Crippen LogP contribution in [0.4, 0.5) is 10.9 Å². The number of benzene rings is 1. The number of amides is 1. The van der Waals surface area contributed by atoms with E-state index in [1.165, 1.54) is 23.1 Å². The van der Waals surface area contributed by atoms with Crippen LogP contribution in [-0.4, -0.2) is 31.6 Å². The molecule has 0 saturated carbocycles. The molecule has 0 saturated heterocycles. The second-order valence-electron chi connectivity index (χ2n) is 4.71. The monoisotopic (exact) mass is 380 g/mol. The summed E-state index contributed by atoms with van der Waals surface area (Å²) in [6.07, 6.45) is 1.63. The van der Waals surface area contributed by atoms with Crippen molar-refractivity contribution in [1.82, 2.24) is 20.0 Å². The fraction of sp³-hybridized carbons (Fsp3) is 0.143. The van der Waals surface area contributed by atoms with Crippen LogP contribution in [0.2, 0.25) is 5.02 Å². The fourth-order valence-electron chi connectivity index (χ4n) is 1.94. The molecule has 0 unspecified atom stereocenters. The zero-order valence-corrected chi connectivity index (χ0v) is 14.7. The molecular formula is C14H13ClN6OS2. The summed E-state index contributed by atoms with van der Waals surface area (Å²) in [5.41, 5.74) is 6.44. The fourth-order valence-corrected chi connectivity index (χ4v) is 3.57. The average Bonchev–Trinajstić information content (AvgIpc) is 3.17. The normalized spacial score (nSPS) is 10.7. The van der Waals surface area contributed by atoms with Gasteiger partial charge in [-0.05, 0) is 11.6 Å². The predicted octanol–water partition coefficient (Wildman–Crippen LogP) is 2.75. The molecule has 0 bridgehead atoms. The second kappa shape index (κ2) is 7.65. The van der Waals surface area contributed by atoms with Crippen LogP contribution in [0.25, 0.3) is 0 Å². The molecule has 0 aliphatic heterocycles. The van der Waals surface area contributed by atoms with Gasteiger partial charge in [0.1, 0.15) is 5.82 Å². The zero-order valence-electron chi connectivity index (χ0n) is 12.3. The maximum atomic E-state index is 12.1. The Morgan fingerprint density at radius 2 is 2.17 bits per heavy atom. The van der Waals surface area contributed by atoms with Crippen molar-refractivity contribution in [2.24, 2.45) is 0 Å². The van der Waals surface area contributed by atoms with E-state index in [1.807, 2.05) is 24.3 Å². The Morgan fingerprint density at radius 3 is 2.92 bits per heavy atom. The van der Waals surface area contributed by atoms with E-state index in [0.29, 0.717) is 26.9 Å². The van der Waals surface area contributed by atoms with E-state index in [4.69, 9.17) is 17.3 Å². The van der Waals surface area contributed by atoms with Crippen molar-refractivity contribution >= 4 is 51.6 Å². The molecule has 2 heterocycles. The minimum atomic E-state index is -0.158. The number of nitrogens with one attached hydrogen (secondary N) is 1. The largest absolute Gasteiger partial charge is 0.374 e. The van der Waals surface area contributed by atoms with Crippen molar-refractivity contribution in [1.29, 1.82) is 0 Å². The number of halogens is 1. The molecule has 0 radical (unpaired) electrons. The first kappa shape index (κ1) is 16.7. The number of rotatable bonds is 6. The number of hydrogen-bond donors (Lipinski definition) is 2. The molecule has 0 aliphatic carbocycles. The minimum absolute atomic E-state index is 0.158. The summed E-state index contributed by atoms with van der Waals surface area (Å²) in [7, 11) is 0. The van der Waals surface area contributed by atoms with Crippen LogP contribution < -0.4 is 11.1 Å². The Hall–Kier alpha value is -2.10. The van der Waals surface area contributed by atoms with Crippen molar-refractivity contribution < 1.29 is 4.79 Å². The number of nitrogens with two attached hydrogens (primary N) is 1. The van der Waals surface area contributed by atoms with Crippen LogP contribution in [-0.2, 0) is 11.3 Å². The molecule has 0 atom stereocenters. The van der Waals surface area contributed by atoms with E-state index < -0.39 is 0 Å². The number of nitrogens with zero attached hydrogens (tertiary/aromatic N) is 4. The molecule has 1 amide bonds. The summed E-state index contributed by atoms with van der Waals surface area (Å²) in [6, 6.07) is 9.26. The van der Waals surface area contributed by atoms with Gasteiger partial charge in [-0.25, -0.2) is 4.68 Å². The van der Waals surface area contributed by atoms with E-state index in [0.717, 1.165) is 5.56 Å². The molecule has 24 heavy (non-hydrogen) atoms. The van der Waals surface area contributed by atoms with Crippen LogP contribution in [0.5, 0.6) is 0 Å². The molecule has 0 spiro atoms. The van der Waals surface area contributed by atoms with Gasteiger partial charge in [0, 0.05) is 11.1 Å². The average molecular weight is 381 g/mol. The number of nitrogen functional groups attached to an aromatic ring is 1. The third-order valence-electron chi connectivity index (χ3n) is 3.01. The number of carbonyl (C=O) groups excluding carboxylic acids is 1. The number of carbonyl (C=O) groups is 1. The molecule has 10 heteroatoms. The van der Waals surface area contributed by atoms with Gasteiger partial charge in [0.15, 0.2) is 4.34 Å². The van der Waals surface area contributed by atoms with Gasteiger partial charge >= 0.3 is 0 Å². The Balaban J connectivity index is 1.60. The third kappa shape index (κ3) is 4.25. The van der Waals surface area contributed by atoms with E-state index in [2.05, 4.69) is 20.6 Å². The number of aromatic nitrogens is 4. The SMILES string of the molecule is Nc1nnc(SCC(=O)Nc2ccnn2Cc2ccccc2Cl)s1. The van der Waals surface area contributed by atoms with Crippen molar-refractivity contribution in [3.63, 3.8) is 0 Å². The van der Waals surface area contributed by atoms with Crippen molar-refractivity contribution in [3.8, 4) is 0 Å². The van der Waals surface area contributed by atoms with Gasteiger partial charge in [-0.15, -0.1) is 10.2 Å². The van der Waals surface area contributed by atoms with Gasteiger partial charge < -0.3 is 11.1 Å². The van der Waals surface area contributed by atoms with Crippen molar-refractivity contribution in [2.45, 2.75) is 10.9 Å². The lowest BCUT2D eigenvalue weighted by Gasteiger charge is -2.09. The smallest absolute Gasteiger partial charge is 0.235 e. The molecule has 0 fully saturated rings. The van der Waals surface area contributed by atoms with Gasteiger partial charge in [-0.2, -0.15) is 5.10 Å². The summed E-state index contributed by atoms with van der Waals surface area (Å²) in [5.74, 6) is 0.665. The molecule has 2 aromatic heterocycles. The first-order valence-electron chi connectivity index (χ1n) is 6.88. The third-order valence-corrected chi connectivity index (χ3v) is 5.27. The zero-order chi connectivity index (χ0) is 16.9. The summed E-state index contributed by atoms with van der Waals surface area (Å²) in [4.78, 5) is 12.1. The summed E-state index contributed by atoms with van der Waals surface area (Å²) in [5, 5.41) is 15.7. The molecule has 3 aromatic rings. The first-order chi connectivity index (χ1) is 11.6. The molecule has 1 aromatic carbocycles. The molecule has 124 valence electrons. The van der Waals surface area contributed by atoms with E-state index in [1.54, 1.807) is 16.9 Å². The lowest BCUT2D eigenvalue weighted by Crippen LogP contribution is -2.17. The van der Waals surface area contributed by atoms with Crippen LogP contribution in [0.1, 0.15) is 5.56 Å². The number of hydrogen-bond acceptors (Lipinski definition) is 7. The molecule has 7 nitrogen and oxygen atoms in total. The van der Waals surface area contributed by atoms with Gasteiger partial charge in [0.2, 0.25) is 11.0 Å². The lowest BCUT2D eigenvalue weighted by molar-refractivity contribution is -0.113. The summed E-state index contributed by atoms with van der Waals surface area (Å²) < 4.78 is 2.35. The Kier molecular flexibility index (Phi) is 5.34. The van der Waals surface area contributed by atoms with Crippen LogP contribution in [0.15, 0.2) is 40.9 Å². The van der Waals surface area contributed by atoms with E-state index >= 15 is 0 Å². The minimum Gasteiger partial charge on any atom is -0.374 e. The topological polar surface area (TPSA) is 98.7 Å². The molecule has 0 aliphatic rings. The highest BCUT2D eigenvalue weighted by atomic mass is 35.5. The highest BCUT2D eigenvalue weighted by Gasteiger charge is 2.11. The maximum Gasteiger partial charge on any atom is 0.235 e. The number of thioether (sulfide) groups is 1. The second-order valence-corrected chi connectivity index (χ2v) is 7.35. The summed E-state index contributed by atoms with van der Waals surface area (Å²) in [6.45, 7) is 0.475. The van der Waals surface area contributed by atoms with Crippen molar-refractivity contribution in [2.75, 3.05) is 16.8 Å². The standard InChI is InChI=1S/C14H13ClN6OS2/c15-10-4-2-1-3-9(10)7-21-11(5-6-17-21)18-12(22)8-23-14-20-19-13(16)24-14/h1-6H,7-8H2,(H2,16,19)(H,18,22). The Morgan fingerprint density at radius 1 is 1.33 bits per heavy atom. The Labute approximate surface area is 151 Å². The van der Waals surface area contributed by atoms with Gasteiger partial charge in [-0.1, -0.05) is 52.9 Å². The van der Waals surface area contributed by atoms with Crippen molar-refractivity contribution in [3.05, 3.63) is 47.1 Å². The number of anilines is 2. The van der Waals surface area contributed by atoms with Crippen LogP contribution in [0.3, 0.4) is 0 Å². The van der Waals surface area contributed by atoms with E-state index in [-0.39, 0.29) is 11.7 Å². The van der Waals surface area contributed by atoms with Gasteiger partial charge in [-0.3, -0.25) is 4.79 Å². The van der Waals surface area contributed by atoms with E-state index in [9.17, 15) is 4.79 Å². The quantitative estimate of drug-likeness (QED) is 0.638. The Bertz CT molecular complexity index is 849. The maximum absolute atomic E-state index is 12.1.